The van der Waals surface area contributed by atoms with Crippen molar-refractivity contribution in [2.75, 3.05) is 31.4 Å². The number of hydrazone groups is 1. The zero-order chi connectivity index (χ0) is 17.4. The molecule has 1 heterocycles. The summed E-state index contributed by atoms with van der Waals surface area (Å²) in [5.41, 5.74) is 2.16. The van der Waals surface area contributed by atoms with Crippen molar-refractivity contribution in [2.24, 2.45) is 5.10 Å². The van der Waals surface area contributed by atoms with Crippen molar-refractivity contribution in [1.29, 1.82) is 0 Å². The molecule has 128 valence electrons. The Bertz CT molecular complexity index is 628. The van der Waals surface area contributed by atoms with E-state index in [4.69, 9.17) is 0 Å². The molecule has 1 unspecified atom stereocenters. The molecule has 0 bridgehead atoms. The second kappa shape index (κ2) is 9.45. The molecular formula is C19H27N4S+. The molecule has 1 aromatic heterocycles. The predicted octanol–water partition coefficient (Wildman–Crippen LogP) is 2.69. The van der Waals surface area contributed by atoms with Crippen molar-refractivity contribution in [1.82, 2.24) is 4.90 Å². The van der Waals surface area contributed by atoms with Gasteiger partial charge in [-0.3, -0.25) is 9.91 Å². The summed E-state index contributed by atoms with van der Waals surface area (Å²) >= 11 is 4.35. The predicted molar refractivity (Wildman–Crippen MR) is 105 cm³/mol. The molecule has 0 amide bonds. The number of likely N-dealkylation sites (N-methyl/N-ethyl adjacent to an activating group) is 1. The Morgan fingerprint density at radius 2 is 1.79 bits per heavy atom. The number of hydrogen-bond donors (Lipinski definition) is 1. The molecule has 0 radical (unpaired) electrons. The van der Waals surface area contributed by atoms with Gasteiger partial charge in [0.2, 0.25) is 0 Å². The van der Waals surface area contributed by atoms with Crippen LogP contribution in [-0.4, -0.2) is 43.5 Å². The van der Waals surface area contributed by atoms with Gasteiger partial charge in [0.25, 0.3) is 0 Å². The maximum absolute atomic E-state index is 4.49. The monoisotopic (exact) mass is 343 g/mol. The number of benzene rings is 1. The fourth-order valence-electron chi connectivity index (χ4n) is 2.20. The second-order valence-corrected chi connectivity index (χ2v) is 6.35. The molecule has 1 atom stereocenters. The summed E-state index contributed by atoms with van der Waals surface area (Å²) in [5, 5.41) is 6.36. The summed E-state index contributed by atoms with van der Waals surface area (Å²) in [6.07, 6.45) is 6.08. The highest BCUT2D eigenvalue weighted by Crippen LogP contribution is 2.10. The zero-order valence-corrected chi connectivity index (χ0v) is 15.6. The summed E-state index contributed by atoms with van der Waals surface area (Å²) in [6, 6.07) is 14.8. The molecule has 4 nitrogen and oxygen atoms in total. The van der Waals surface area contributed by atoms with Crippen LogP contribution < -0.4 is 9.58 Å². The van der Waals surface area contributed by atoms with Crippen LogP contribution in [0.3, 0.4) is 0 Å². The van der Waals surface area contributed by atoms with Crippen LogP contribution >= 0.6 is 12.6 Å². The Morgan fingerprint density at radius 1 is 1.12 bits per heavy atom. The van der Waals surface area contributed by atoms with E-state index >= 15 is 0 Å². The summed E-state index contributed by atoms with van der Waals surface area (Å²) in [7, 11) is 4.09. The Balaban J connectivity index is 1.89. The van der Waals surface area contributed by atoms with E-state index in [0.29, 0.717) is 6.04 Å². The first-order valence-corrected chi connectivity index (χ1v) is 8.86. The Labute approximate surface area is 150 Å². The van der Waals surface area contributed by atoms with Crippen molar-refractivity contribution in [3.05, 3.63) is 60.4 Å². The van der Waals surface area contributed by atoms with E-state index in [1.165, 1.54) is 0 Å². The van der Waals surface area contributed by atoms with Crippen LogP contribution in [0, 0.1) is 0 Å². The van der Waals surface area contributed by atoms with Crippen molar-refractivity contribution in [2.45, 2.75) is 19.5 Å². The van der Waals surface area contributed by atoms with E-state index < -0.39 is 0 Å². The van der Waals surface area contributed by atoms with E-state index in [-0.39, 0.29) is 0 Å². The van der Waals surface area contributed by atoms with E-state index in [9.17, 15) is 0 Å². The minimum Gasteiger partial charge on any atom is -0.297 e. The number of anilines is 1. The lowest BCUT2D eigenvalue weighted by Crippen LogP contribution is -2.42. The number of thiol groups is 1. The molecule has 0 saturated heterocycles. The number of rotatable bonds is 8. The topological polar surface area (TPSA) is 22.7 Å². The molecule has 0 aliphatic carbocycles. The van der Waals surface area contributed by atoms with Gasteiger partial charge in [0.05, 0.1) is 18.4 Å². The average Bonchev–Trinajstić information content (AvgIpc) is 2.65. The number of hydrogen-bond acceptors (Lipinski definition) is 4. The third-order valence-electron chi connectivity index (χ3n) is 4.15. The van der Waals surface area contributed by atoms with Gasteiger partial charge in [-0.15, -0.1) is 0 Å². The zero-order valence-electron chi connectivity index (χ0n) is 14.7. The molecule has 0 spiro atoms. The molecule has 0 N–H and O–H groups in total. The molecule has 2 rings (SSSR count). The molecule has 2 aromatic rings. The van der Waals surface area contributed by atoms with E-state index in [1.807, 2.05) is 48.6 Å². The first-order valence-electron chi connectivity index (χ1n) is 8.23. The summed E-state index contributed by atoms with van der Waals surface area (Å²) in [5.74, 6) is 0.880. The molecule has 0 fully saturated rings. The molecule has 0 aliphatic heterocycles. The minimum absolute atomic E-state index is 0.494. The van der Waals surface area contributed by atoms with Gasteiger partial charge in [-0.05, 0) is 26.1 Å². The van der Waals surface area contributed by atoms with Crippen molar-refractivity contribution >= 4 is 24.5 Å². The Hall–Kier alpha value is -1.85. The van der Waals surface area contributed by atoms with Crippen LogP contribution in [0.2, 0.25) is 0 Å². The molecule has 5 heteroatoms. The van der Waals surface area contributed by atoms with Gasteiger partial charge in [-0.25, -0.2) is 4.57 Å². The SMILES string of the molecule is CC(CS)N(C)CC[n+]1ccc(C=NN(C)c2ccccc2)cc1. The third kappa shape index (κ3) is 5.65. The highest BCUT2D eigenvalue weighted by molar-refractivity contribution is 7.80. The highest BCUT2D eigenvalue weighted by atomic mass is 32.1. The second-order valence-electron chi connectivity index (χ2n) is 5.99. The summed E-state index contributed by atoms with van der Waals surface area (Å²) in [6.45, 7) is 4.17. The maximum Gasteiger partial charge on any atom is 0.169 e. The van der Waals surface area contributed by atoms with Crippen LogP contribution in [0.1, 0.15) is 12.5 Å². The van der Waals surface area contributed by atoms with Gasteiger partial charge in [0.15, 0.2) is 18.9 Å². The minimum atomic E-state index is 0.494. The Kier molecular flexibility index (Phi) is 7.28. The quantitative estimate of drug-likeness (QED) is 0.345. The summed E-state index contributed by atoms with van der Waals surface area (Å²) < 4.78 is 2.19. The van der Waals surface area contributed by atoms with Crippen LogP contribution in [0.25, 0.3) is 0 Å². The number of nitrogens with zero attached hydrogens (tertiary/aromatic N) is 4. The smallest absolute Gasteiger partial charge is 0.169 e. The fourth-order valence-corrected chi connectivity index (χ4v) is 2.48. The van der Waals surface area contributed by atoms with Crippen LogP contribution in [-0.2, 0) is 6.54 Å². The van der Waals surface area contributed by atoms with Gasteiger partial charge in [0.1, 0.15) is 0 Å². The first-order chi connectivity index (χ1) is 11.6. The normalized spacial score (nSPS) is 12.7. The van der Waals surface area contributed by atoms with Crippen LogP contribution in [0.5, 0.6) is 0 Å². The van der Waals surface area contributed by atoms with Gasteiger partial charge in [-0.1, -0.05) is 18.2 Å². The number of pyridine rings is 1. The van der Waals surface area contributed by atoms with Crippen LogP contribution in [0.4, 0.5) is 5.69 Å². The maximum atomic E-state index is 4.49. The van der Waals surface area contributed by atoms with E-state index in [2.05, 4.69) is 65.7 Å². The first kappa shape index (κ1) is 18.5. The van der Waals surface area contributed by atoms with Crippen LogP contribution in [0.15, 0.2) is 60.0 Å². The molecule has 0 saturated carbocycles. The van der Waals surface area contributed by atoms with E-state index in [1.54, 1.807) is 0 Å². The molecule has 24 heavy (non-hydrogen) atoms. The van der Waals surface area contributed by atoms with Gasteiger partial charge in [0, 0.05) is 36.5 Å². The lowest BCUT2D eigenvalue weighted by molar-refractivity contribution is -0.696. The molecule has 0 aliphatic rings. The highest BCUT2D eigenvalue weighted by Gasteiger charge is 2.09. The summed E-state index contributed by atoms with van der Waals surface area (Å²) in [4.78, 5) is 2.32. The number of aromatic nitrogens is 1. The third-order valence-corrected chi connectivity index (χ3v) is 4.68. The molecule has 1 aromatic carbocycles. The lowest BCUT2D eigenvalue weighted by Gasteiger charge is -2.21. The van der Waals surface area contributed by atoms with Gasteiger partial charge < -0.3 is 0 Å². The standard InChI is InChI=1S/C19H26N4S/c1-17(16-24)21(2)13-14-23-11-9-18(10-12-23)15-20-22(3)19-7-5-4-6-8-19/h4-12,15,17H,13-14,16H2,1-3H3/p+1. The lowest BCUT2D eigenvalue weighted by atomic mass is 10.3. The fraction of sp³-hybridized carbons (Fsp3) is 0.368. The molecular weight excluding hydrogens is 316 g/mol. The average molecular weight is 344 g/mol. The largest absolute Gasteiger partial charge is 0.297 e. The number of para-hydroxylation sites is 1. The van der Waals surface area contributed by atoms with Gasteiger partial charge in [-0.2, -0.15) is 17.7 Å². The van der Waals surface area contributed by atoms with E-state index in [0.717, 1.165) is 30.1 Å². The van der Waals surface area contributed by atoms with Crippen molar-refractivity contribution in [3.8, 4) is 0 Å². The van der Waals surface area contributed by atoms with Crippen molar-refractivity contribution in [3.63, 3.8) is 0 Å². The van der Waals surface area contributed by atoms with Crippen molar-refractivity contribution < 1.29 is 4.57 Å². The Morgan fingerprint density at radius 3 is 2.42 bits per heavy atom. The van der Waals surface area contributed by atoms with Gasteiger partial charge >= 0.3 is 0 Å².